The fourth-order valence-electron chi connectivity index (χ4n) is 4.36. The van der Waals surface area contributed by atoms with Crippen LogP contribution in [0.1, 0.15) is 39.6 Å². The fraction of sp³-hybridized carbons (Fsp3) is 0.429. The fourth-order valence-corrected chi connectivity index (χ4v) is 4.36. The van der Waals surface area contributed by atoms with Crippen molar-refractivity contribution < 1.29 is 9.59 Å². The van der Waals surface area contributed by atoms with Gasteiger partial charge in [0.05, 0.1) is 17.6 Å². The number of rotatable bonds is 3. The molecule has 2 amide bonds. The average Bonchev–Trinajstić information content (AvgIpc) is 3.34. The zero-order chi connectivity index (χ0) is 20.0. The number of imidazole rings is 1. The van der Waals surface area contributed by atoms with Gasteiger partial charge in [0.1, 0.15) is 11.5 Å². The number of fused-ring (bicyclic) bond motifs is 2. The Balaban J connectivity index is 1.30. The first-order valence-corrected chi connectivity index (χ1v) is 10.1. The third-order valence-electron chi connectivity index (χ3n) is 5.94. The van der Waals surface area contributed by atoms with Gasteiger partial charge in [0.15, 0.2) is 5.69 Å². The predicted molar refractivity (Wildman–Crippen MR) is 108 cm³/mol. The molecular formula is C21H24N6O2. The minimum Gasteiger partial charge on any atom is -0.342 e. The van der Waals surface area contributed by atoms with Crippen molar-refractivity contribution in [1.82, 2.24) is 29.5 Å². The summed E-state index contributed by atoms with van der Waals surface area (Å²) in [7, 11) is 1.77. The summed E-state index contributed by atoms with van der Waals surface area (Å²) < 4.78 is 1.66. The van der Waals surface area contributed by atoms with Crippen LogP contribution in [-0.4, -0.2) is 68.0 Å². The van der Waals surface area contributed by atoms with Crippen LogP contribution < -0.4 is 0 Å². The molecule has 1 unspecified atom stereocenters. The van der Waals surface area contributed by atoms with Crippen molar-refractivity contribution in [3.63, 3.8) is 0 Å². The number of likely N-dealkylation sites (N-methyl/N-ethyl adjacent to an activating group) is 1. The third kappa shape index (κ3) is 3.28. The Kier molecular flexibility index (Phi) is 4.34. The number of carbonyl (C=O) groups excluding carboxylic acids is 2. The lowest BCUT2D eigenvalue weighted by Gasteiger charge is -2.32. The van der Waals surface area contributed by atoms with Crippen LogP contribution in [0, 0.1) is 5.92 Å². The van der Waals surface area contributed by atoms with E-state index in [-0.39, 0.29) is 11.8 Å². The molecule has 0 spiro atoms. The number of nitrogens with one attached hydrogen (secondary N) is 1. The molecule has 0 bridgehead atoms. The van der Waals surface area contributed by atoms with E-state index in [1.165, 1.54) is 0 Å². The molecule has 0 aliphatic carbocycles. The van der Waals surface area contributed by atoms with Crippen LogP contribution in [0.5, 0.6) is 0 Å². The summed E-state index contributed by atoms with van der Waals surface area (Å²) in [6, 6.07) is 9.66. The summed E-state index contributed by atoms with van der Waals surface area (Å²) in [6.07, 6.45) is 2.86. The number of nitrogens with zero attached hydrogens (tertiary/aromatic N) is 5. The number of carbonyl (C=O) groups is 2. The van der Waals surface area contributed by atoms with E-state index in [4.69, 9.17) is 0 Å². The molecule has 8 heteroatoms. The number of piperidine rings is 1. The van der Waals surface area contributed by atoms with Crippen molar-refractivity contribution in [1.29, 1.82) is 0 Å². The smallest absolute Gasteiger partial charge is 0.274 e. The lowest BCUT2D eigenvalue weighted by atomic mass is 9.94. The Labute approximate surface area is 168 Å². The van der Waals surface area contributed by atoms with Gasteiger partial charge in [-0.05, 0) is 30.9 Å². The number of para-hydroxylation sites is 2. The van der Waals surface area contributed by atoms with E-state index < -0.39 is 0 Å². The number of H-pyrrole nitrogens is 1. The SMILES string of the molecule is CN1CCn2nc(C(=O)N3CCCC(Cc4nc5ccccc5[nH]4)C3)cc2C1=O. The average molecular weight is 392 g/mol. The number of aromatic amines is 1. The van der Waals surface area contributed by atoms with E-state index in [9.17, 15) is 9.59 Å². The molecule has 8 nitrogen and oxygen atoms in total. The molecule has 0 saturated carbocycles. The molecule has 5 rings (SSSR count). The molecule has 29 heavy (non-hydrogen) atoms. The maximum atomic E-state index is 13.0. The summed E-state index contributed by atoms with van der Waals surface area (Å²) in [5, 5.41) is 4.41. The zero-order valence-corrected chi connectivity index (χ0v) is 16.5. The molecule has 2 aliphatic heterocycles. The van der Waals surface area contributed by atoms with Crippen LogP contribution in [0.3, 0.4) is 0 Å². The van der Waals surface area contributed by atoms with Crippen LogP contribution >= 0.6 is 0 Å². The van der Waals surface area contributed by atoms with Crippen molar-refractivity contribution in [2.45, 2.75) is 25.8 Å². The molecule has 2 aliphatic rings. The Hall–Kier alpha value is -3.16. The second-order valence-electron chi connectivity index (χ2n) is 8.03. The van der Waals surface area contributed by atoms with Gasteiger partial charge >= 0.3 is 0 Å². The lowest BCUT2D eigenvalue weighted by Crippen LogP contribution is -2.40. The standard InChI is InChI=1S/C21H24N6O2/c1-25-9-10-27-18(21(25)29)12-17(24-27)20(28)26-8-4-5-14(13-26)11-19-22-15-6-2-3-7-16(15)23-19/h2-3,6-7,12,14H,4-5,8-11,13H2,1H3,(H,22,23). The Morgan fingerprint density at radius 3 is 2.97 bits per heavy atom. The molecule has 1 fully saturated rings. The van der Waals surface area contributed by atoms with Gasteiger partial charge in [-0.15, -0.1) is 0 Å². The molecule has 4 heterocycles. The first-order chi connectivity index (χ1) is 14.1. The summed E-state index contributed by atoms with van der Waals surface area (Å²) in [6.45, 7) is 2.65. The van der Waals surface area contributed by atoms with Gasteiger partial charge in [-0.1, -0.05) is 12.1 Å². The molecule has 1 saturated heterocycles. The lowest BCUT2D eigenvalue weighted by molar-refractivity contribution is 0.0663. The van der Waals surface area contributed by atoms with Crippen LogP contribution in [0.2, 0.25) is 0 Å². The molecule has 150 valence electrons. The van der Waals surface area contributed by atoms with Crippen molar-refractivity contribution in [3.05, 3.63) is 47.5 Å². The van der Waals surface area contributed by atoms with Crippen LogP contribution in [-0.2, 0) is 13.0 Å². The van der Waals surface area contributed by atoms with Gasteiger partial charge in [0.2, 0.25) is 0 Å². The Morgan fingerprint density at radius 2 is 2.10 bits per heavy atom. The van der Waals surface area contributed by atoms with Gasteiger partial charge in [-0.2, -0.15) is 5.10 Å². The molecule has 0 radical (unpaired) electrons. The molecule has 1 aromatic carbocycles. The van der Waals surface area contributed by atoms with Gasteiger partial charge in [0.25, 0.3) is 11.8 Å². The van der Waals surface area contributed by atoms with Gasteiger partial charge < -0.3 is 14.8 Å². The minimum absolute atomic E-state index is 0.0794. The maximum absolute atomic E-state index is 13.0. The molecule has 3 aromatic rings. The highest BCUT2D eigenvalue weighted by atomic mass is 16.2. The number of hydrogen-bond acceptors (Lipinski definition) is 4. The van der Waals surface area contributed by atoms with Gasteiger partial charge in [0, 0.05) is 39.2 Å². The van der Waals surface area contributed by atoms with Gasteiger partial charge in [-0.3, -0.25) is 14.3 Å². The quantitative estimate of drug-likeness (QED) is 0.738. The summed E-state index contributed by atoms with van der Waals surface area (Å²) in [5.74, 6) is 1.16. The van der Waals surface area contributed by atoms with E-state index in [0.29, 0.717) is 36.9 Å². The summed E-state index contributed by atoms with van der Waals surface area (Å²) in [4.78, 5) is 36.9. The monoisotopic (exact) mass is 392 g/mol. The van der Waals surface area contributed by atoms with Crippen molar-refractivity contribution >= 4 is 22.8 Å². The first kappa shape index (κ1) is 17.9. The third-order valence-corrected chi connectivity index (χ3v) is 5.94. The number of amides is 2. The highest BCUT2D eigenvalue weighted by Gasteiger charge is 2.30. The molecule has 1 N–H and O–H groups in total. The van der Waals surface area contributed by atoms with Crippen molar-refractivity contribution in [2.75, 3.05) is 26.7 Å². The van der Waals surface area contributed by atoms with E-state index in [0.717, 1.165) is 42.7 Å². The zero-order valence-electron chi connectivity index (χ0n) is 16.5. The van der Waals surface area contributed by atoms with Crippen molar-refractivity contribution in [2.24, 2.45) is 5.92 Å². The number of benzene rings is 1. The summed E-state index contributed by atoms with van der Waals surface area (Å²) >= 11 is 0. The first-order valence-electron chi connectivity index (χ1n) is 10.1. The number of likely N-dealkylation sites (tertiary alicyclic amines) is 1. The maximum Gasteiger partial charge on any atom is 0.274 e. The largest absolute Gasteiger partial charge is 0.342 e. The molecular weight excluding hydrogens is 368 g/mol. The Morgan fingerprint density at radius 1 is 1.24 bits per heavy atom. The minimum atomic E-state index is -0.0864. The summed E-state index contributed by atoms with van der Waals surface area (Å²) in [5.41, 5.74) is 2.89. The highest BCUT2D eigenvalue weighted by molar-refractivity contribution is 5.98. The molecule has 1 atom stereocenters. The van der Waals surface area contributed by atoms with E-state index in [1.54, 1.807) is 22.7 Å². The van der Waals surface area contributed by atoms with E-state index >= 15 is 0 Å². The second kappa shape index (κ2) is 7.02. The number of aromatic nitrogens is 4. The van der Waals surface area contributed by atoms with Crippen molar-refractivity contribution in [3.8, 4) is 0 Å². The second-order valence-corrected chi connectivity index (χ2v) is 8.03. The van der Waals surface area contributed by atoms with Gasteiger partial charge in [-0.25, -0.2) is 4.98 Å². The molecule has 2 aromatic heterocycles. The Bertz CT molecular complexity index is 1050. The van der Waals surface area contributed by atoms with Crippen LogP contribution in [0.4, 0.5) is 0 Å². The highest BCUT2D eigenvalue weighted by Crippen LogP contribution is 2.23. The number of hydrogen-bond donors (Lipinski definition) is 1. The van der Waals surface area contributed by atoms with E-state index in [2.05, 4.69) is 15.1 Å². The predicted octanol–water partition coefficient (Wildman–Crippen LogP) is 1.94. The topological polar surface area (TPSA) is 87.1 Å². The van der Waals surface area contributed by atoms with Crippen LogP contribution in [0.25, 0.3) is 11.0 Å². The van der Waals surface area contributed by atoms with E-state index in [1.807, 2.05) is 29.2 Å². The van der Waals surface area contributed by atoms with Crippen LogP contribution in [0.15, 0.2) is 30.3 Å². The normalized spacial score (nSPS) is 19.6.